The van der Waals surface area contributed by atoms with Crippen molar-refractivity contribution < 1.29 is 4.52 Å². The van der Waals surface area contributed by atoms with Gasteiger partial charge in [0, 0.05) is 41.7 Å². The second-order valence-corrected chi connectivity index (χ2v) is 6.47. The zero-order valence-corrected chi connectivity index (χ0v) is 13.8. The molecular formula is C20H18N4O. The van der Waals surface area contributed by atoms with E-state index in [0.717, 1.165) is 25.1 Å². The van der Waals surface area contributed by atoms with Gasteiger partial charge in [0.05, 0.1) is 6.54 Å². The molecule has 2 aromatic carbocycles. The van der Waals surface area contributed by atoms with Crippen molar-refractivity contribution in [3.05, 3.63) is 71.7 Å². The standard InChI is InChI=1S/C20H18N4O/c1-2-6-14(7-3-1)20-22-19(25-23-20)13-24-11-10-18-16(12-24)15-8-4-5-9-17(15)21-18/h1-9,21H,10-13H2. The van der Waals surface area contributed by atoms with Gasteiger partial charge in [-0.05, 0) is 11.6 Å². The summed E-state index contributed by atoms with van der Waals surface area (Å²) in [4.78, 5) is 10.5. The van der Waals surface area contributed by atoms with Crippen LogP contribution in [0.15, 0.2) is 59.1 Å². The molecule has 0 radical (unpaired) electrons. The topological polar surface area (TPSA) is 58.0 Å². The highest BCUT2D eigenvalue weighted by Gasteiger charge is 2.22. The number of para-hydroxylation sites is 1. The Kier molecular flexibility index (Phi) is 3.38. The summed E-state index contributed by atoms with van der Waals surface area (Å²) in [6.07, 6.45) is 1.02. The molecule has 0 spiro atoms. The number of fused-ring (bicyclic) bond motifs is 3. The minimum Gasteiger partial charge on any atom is -0.358 e. The second-order valence-electron chi connectivity index (χ2n) is 6.47. The van der Waals surface area contributed by atoms with Crippen molar-refractivity contribution in [1.29, 1.82) is 0 Å². The van der Waals surface area contributed by atoms with Crippen molar-refractivity contribution >= 4 is 10.9 Å². The van der Waals surface area contributed by atoms with Gasteiger partial charge in [-0.1, -0.05) is 53.7 Å². The summed E-state index contributed by atoms with van der Waals surface area (Å²) in [6, 6.07) is 18.4. The zero-order chi connectivity index (χ0) is 16.6. The van der Waals surface area contributed by atoms with Crippen LogP contribution in [0.2, 0.25) is 0 Å². The van der Waals surface area contributed by atoms with E-state index in [-0.39, 0.29) is 0 Å². The van der Waals surface area contributed by atoms with Crippen LogP contribution in [-0.4, -0.2) is 26.6 Å². The fourth-order valence-corrected chi connectivity index (χ4v) is 3.57. The highest BCUT2D eigenvalue weighted by Crippen LogP contribution is 2.28. The van der Waals surface area contributed by atoms with E-state index in [9.17, 15) is 0 Å². The van der Waals surface area contributed by atoms with Gasteiger partial charge < -0.3 is 9.51 Å². The summed E-state index contributed by atoms with van der Waals surface area (Å²) in [7, 11) is 0. The second kappa shape index (κ2) is 5.86. The molecule has 0 fully saturated rings. The summed E-state index contributed by atoms with van der Waals surface area (Å²) < 4.78 is 5.47. The molecule has 0 amide bonds. The number of benzene rings is 2. The van der Waals surface area contributed by atoms with E-state index in [1.807, 2.05) is 30.3 Å². The predicted octanol–water partition coefficient (Wildman–Crippen LogP) is 3.78. The molecule has 4 aromatic rings. The van der Waals surface area contributed by atoms with Gasteiger partial charge in [0.25, 0.3) is 0 Å². The third-order valence-corrected chi connectivity index (χ3v) is 4.82. The number of hydrogen-bond donors (Lipinski definition) is 1. The largest absolute Gasteiger partial charge is 0.358 e. The van der Waals surface area contributed by atoms with E-state index < -0.39 is 0 Å². The molecule has 0 unspecified atom stereocenters. The van der Waals surface area contributed by atoms with Crippen LogP contribution < -0.4 is 0 Å². The summed E-state index contributed by atoms with van der Waals surface area (Å²) in [5.74, 6) is 1.32. The van der Waals surface area contributed by atoms with Crippen molar-refractivity contribution in [2.24, 2.45) is 0 Å². The van der Waals surface area contributed by atoms with E-state index in [1.54, 1.807) is 0 Å². The lowest BCUT2D eigenvalue weighted by Crippen LogP contribution is -2.29. The average Bonchev–Trinajstić information content (AvgIpc) is 3.27. The number of nitrogens with zero attached hydrogens (tertiary/aromatic N) is 3. The van der Waals surface area contributed by atoms with E-state index in [0.29, 0.717) is 18.3 Å². The van der Waals surface area contributed by atoms with Crippen molar-refractivity contribution in [2.45, 2.75) is 19.5 Å². The van der Waals surface area contributed by atoms with Gasteiger partial charge in [-0.3, -0.25) is 4.90 Å². The summed E-state index contributed by atoms with van der Waals surface area (Å²) in [5.41, 5.74) is 4.95. The molecular weight excluding hydrogens is 312 g/mol. The number of hydrogen-bond acceptors (Lipinski definition) is 4. The highest BCUT2D eigenvalue weighted by molar-refractivity contribution is 5.84. The Morgan fingerprint density at radius 2 is 1.88 bits per heavy atom. The SMILES string of the molecule is c1ccc(-c2noc(CN3CCc4[nH]c5ccccc5c4C3)n2)cc1. The lowest BCUT2D eigenvalue weighted by Gasteiger charge is -2.25. The fraction of sp³-hybridized carbons (Fsp3) is 0.200. The van der Waals surface area contributed by atoms with E-state index in [4.69, 9.17) is 4.52 Å². The highest BCUT2D eigenvalue weighted by atomic mass is 16.5. The maximum atomic E-state index is 5.47. The third-order valence-electron chi connectivity index (χ3n) is 4.82. The first-order valence-corrected chi connectivity index (χ1v) is 8.55. The van der Waals surface area contributed by atoms with Crippen LogP contribution in [0.25, 0.3) is 22.3 Å². The lowest BCUT2D eigenvalue weighted by molar-refractivity contribution is 0.210. The van der Waals surface area contributed by atoms with Crippen LogP contribution in [0.5, 0.6) is 0 Å². The molecule has 2 aromatic heterocycles. The number of aromatic nitrogens is 3. The monoisotopic (exact) mass is 330 g/mol. The van der Waals surface area contributed by atoms with Gasteiger partial charge >= 0.3 is 0 Å². The Labute approximate surface area is 145 Å². The van der Waals surface area contributed by atoms with Gasteiger partial charge in [-0.25, -0.2) is 0 Å². The maximum Gasteiger partial charge on any atom is 0.241 e. The van der Waals surface area contributed by atoms with Crippen LogP contribution in [0, 0.1) is 0 Å². The van der Waals surface area contributed by atoms with Crippen LogP contribution >= 0.6 is 0 Å². The molecule has 5 heteroatoms. The van der Waals surface area contributed by atoms with Crippen molar-refractivity contribution in [3.63, 3.8) is 0 Å². The average molecular weight is 330 g/mol. The summed E-state index contributed by atoms with van der Waals surface area (Å²) in [5, 5.41) is 5.43. The Hall–Kier alpha value is -2.92. The van der Waals surface area contributed by atoms with Crippen molar-refractivity contribution in [1.82, 2.24) is 20.0 Å². The van der Waals surface area contributed by atoms with Crippen LogP contribution in [0.1, 0.15) is 17.1 Å². The molecule has 0 atom stereocenters. The van der Waals surface area contributed by atoms with Gasteiger partial charge in [-0.15, -0.1) is 0 Å². The molecule has 124 valence electrons. The Morgan fingerprint density at radius 3 is 2.80 bits per heavy atom. The van der Waals surface area contributed by atoms with Gasteiger partial charge in [0.1, 0.15) is 0 Å². The molecule has 5 nitrogen and oxygen atoms in total. The predicted molar refractivity (Wildman–Crippen MR) is 95.9 cm³/mol. The van der Waals surface area contributed by atoms with Crippen LogP contribution in [-0.2, 0) is 19.5 Å². The molecule has 1 aliphatic rings. The number of aromatic amines is 1. The van der Waals surface area contributed by atoms with Gasteiger partial charge in [0.15, 0.2) is 0 Å². The normalized spacial score (nSPS) is 14.7. The zero-order valence-electron chi connectivity index (χ0n) is 13.8. The minimum atomic E-state index is 0.653. The summed E-state index contributed by atoms with van der Waals surface area (Å²) in [6.45, 7) is 2.57. The molecule has 1 aliphatic heterocycles. The molecule has 0 saturated carbocycles. The molecule has 0 aliphatic carbocycles. The number of nitrogens with one attached hydrogen (secondary N) is 1. The summed E-state index contributed by atoms with van der Waals surface area (Å²) >= 11 is 0. The molecule has 1 N–H and O–H groups in total. The molecule has 0 saturated heterocycles. The van der Waals surface area contributed by atoms with Crippen LogP contribution in [0.4, 0.5) is 0 Å². The first-order chi connectivity index (χ1) is 12.4. The maximum absolute atomic E-state index is 5.47. The van der Waals surface area contributed by atoms with Gasteiger partial charge in [0.2, 0.25) is 11.7 Å². The molecule has 0 bridgehead atoms. The van der Waals surface area contributed by atoms with Crippen molar-refractivity contribution in [3.8, 4) is 11.4 Å². The van der Waals surface area contributed by atoms with Crippen molar-refractivity contribution in [2.75, 3.05) is 6.54 Å². The quantitative estimate of drug-likeness (QED) is 0.621. The minimum absolute atomic E-state index is 0.653. The third kappa shape index (κ3) is 2.62. The smallest absolute Gasteiger partial charge is 0.241 e. The first kappa shape index (κ1) is 14.4. The van der Waals surface area contributed by atoms with E-state index in [2.05, 4.69) is 44.3 Å². The van der Waals surface area contributed by atoms with E-state index in [1.165, 1.54) is 22.2 Å². The van der Waals surface area contributed by atoms with Gasteiger partial charge in [-0.2, -0.15) is 4.98 Å². The first-order valence-electron chi connectivity index (χ1n) is 8.55. The number of H-pyrrole nitrogens is 1. The Morgan fingerprint density at radius 1 is 1.04 bits per heavy atom. The Balaban J connectivity index is 1.37. The van der Waals surface area contributed by atoms with Crippen LogP contribution in [0.3, 0.4) is 0 Å². The fourth-order valence-electron chi connectivity index (χ4n) is 3.57. The molecule has 3 heterocycles. The number of rotatable bonds is 3. The lowest BCUT2D eigenvalue weighted by atomic mass is 10.0. The van der Waals surface area contributed by atoms with E-state index >= 15 is 0 Å². The Bertz CT molecular complexity index is 1020. The molecule has 25 heavy (non-hydrogen) atoms. The molecule has 5 rings (SSSR count).